The van der Waals surface area contributed by atoms with E-state index in [0.29, 0.717) is 5.78 Å². The number of hydrogen-bond donors (Lipinski definition) is 1. The zero-order chi connectivity index (χ0) is 14.5. The van der Waals surface area contributed by atoms with E-state index in [-0.39, 0.29) is 5.92 Å². The molecule has 0 aromatic heterocycles. The molecule has 1 fully saturated rings. The van der Waals surface area contributed by atoms with Crippen molar-refractivity contribution in [1.82, 2.24) is 0 Å². The normalized spacial score (nSPS) is 22.7. The fourth-order valence-corrected chi connectivity index (χ4v) is 3.39. The van der Waals surface area contributed by atoms with Gasteiger partial charge in [-0.3, -0.25) is 4.79 Å². The topological polar surface area (TPSA) is 43.1 Å². The van der Waals surface area contributed by atoms with Crippen LogP contribution in [-0.2, 0) is 0 Å². The van der Waals surface area contributed by atoms with Crippen molar-refractivity contribution in [2.24, 2.45) is 11.8 Å². The first-order valence-corrected chi connectivity index (χ1v) is 8.02. The van der Waals surface area contributed by atoms with E-state index in [4.69, 9.17) is 5.73 Å². The van der Waals surface area contributed by atoms with Gasteiger partial charge < -0.3 is 5.73 Å². The van der Waals surface area contributed by atoms with E-state index in [0.717, 1.165) is 35.6 Å². The van der Waals surface area contributed by atoms with E-state index in [2.05, 4.69) is 6.92 Å². The molecular formula is C18H27NO. The van der Waals surface area contributed by atoms with Crippen LogP contribution < -0.4 is 5.73 Å². The van der Waals surface area contributed by atoms with Crippen molar-refractivity contribution < 1.29 is 4.79 Å². The Hall–Kier alpha value is -1.31. The number of carbonyl (C=O) groups is 1. The highest BCUT2D eigenvalue weighted by Gasteiger charge is 2.27. The maximum atomic E-state index is 12.6. The second kappa shape index (κ2) is 6.92. The molecule has 2 heteroatoms. The lowest BCUT2D eigenvalue weighted by atomic mass is 9.76. The molecule has 2 nitrogen and oxygen atoms in total. The van der Waals surface area contributed by atoms with Gasteiger partial charge in [-0.1, -0.05) is 26.2 Å². The van der Waals surface area contributed by atoms with Crippen molar-refractivity contribution in [3.63, 3.8) is 0 Å². The highest BCUT2D eigenvalue weighted by Crippen LogP contribution is 2.34. The number of Topliss-reactive ketones (excluding diaryl/α,β-unsaturated/α-hetero) is 1. The summed E-state index contributed by atoms with van der Waals surface area (Å²) in [5.74, 6) is 1.41. The summed E-state index contributed by atoms with van der Waals surface area (Å²) in [5.41, 5.74) is 8.39. The molecule has 1 aromatic carbocycles. The van der Waals surface area contributed by atoms with Gasteiger partial charge in [0.2, 0.25) is 0 Å². The maximum Gasteiger partial charge on any atom is 0.166 e. The van der Waals surface area contributed by atoms with Gasteiger partial charge in [0.1, 0.15) is 0 Å². The Bertz CT molecular complexity index is 458. The van der Waals surface area contributed by atoms with E-state index in [1.165, 1.54) is 32.1 Å². The molecule has 0 unspecified atom stereocenters. The summed E-state index contributed by atoms with van der Waals surface area (Å²) < 4.78 is 0. The van der Waals surface area contributed by atoms with Crippen molar-refractivity contribution in [1.29, 1.82) is 0 Å². The smallest absolute Gasteiger partial charge is 0.166 e. The Morgan fingerprint density at radius 3 is 2.55 bits per heavy atom. The van der Waals surface area contributed by atoms with E-state index in [1.807, 2.05) is 25.1 Å². The number of anilines is 1. The number of nitrogen functional groups attached to an aromatic ring is 1. The zero-order valence-corrected chi connectivity index (χ0v) is 12.8. The molecule has 1 saturated carbocycles. The first-order valence-electron chi connectivity index (χ1n) is 8.02. The maximum absolute atomic E-state index is 12.6. The minimum atomic E-state index is 0.232. The lowest BCUT2D eigenvalue weighted by Gasteiger charge is -2.28. The van der Waals surface area contributed by atoms with Gasteiger partial charge in [-0.2, -0.15) is 0 Å². The van der Waals surface area contributed by atoms with Crippen molar-refractivity contribution in [3.8, 4) is 0 Å². The summed E-state index contributed by atoms with van der Waals surface area (Å²) in [6.07, 6.45) is 8.55. The molecular weight excluding hydrogens is 246 g/mol. The Balaban J connectivity index is 1.94. The molecule has 0 bridgehead atoms. The number of unbranched alkanes of at least 4 members (excludes halogenated alkanes) is 1. The van der Waals surface area contributed by atoms with Crippen LogP contribution >= 0.6 is 0 Å². The third kappa shape index (κ3) is 3.62. The van der Waals surface area contributed by atoms with Gasteiger partial charge in [0, 0.05) is 17.2 Å². The quantitative estimate of drug-likeness (QED) is 0.621. The highest BCUT2D eigenvalue weighted by atomic mass is 16.1. The largest absolute Gasteiger partial charge is 0.399 e. The van der Waals surface area contributed by atoms with Crippen molar-refractivity contribution in [2.75, 3.05) is 5.73 Å². The van der Waals surface area contributed by atoms with E-state index >= 15 is 0 Å². The van der Waals surface area contributed by atoms with Crippen LogP contribution in [0.3, 0.4) is 0 Å². The van der Waals surface area contributed by atoms with E-state index in [1.54, 1.807) is 0 Å². The average molecular weight is 273 g/mol. The highest BCUT2D eigenvalue weighted by molar-refractivity contribution is 5.99. The molecule has 0 aliphatic heterocycles. The molecule has 1 aliphatic carbocycles. The fraction of sp³-hybridized carbons (Fsp3) is 0.611. The van der Waals surface area contributed by atoms with Crippen molar-refractivity contribution in [2.45, 2.75) is 58.8 Å². The fourth-order valence-electron chi connectivity index (χ4n) is 3.39. The summed E-state index contributed by atoms with van der Waals surface area (Å²) in [6.45, 7) is 4.23. The zero-order valence-electron chi connectivity index (χ0n) is 12.8. The van der Waals surface area contributed by atoms with Crippen molar-refractivity contribution in [3.05, 3.63) is 29.3 Å². The van der Waals surface area contributed by atoms with Crippen LogP contribution in [0.5, 0.6) is 0 Å². The van der Waals surface area contributed by atoms with Gasteiger partial charge in [0.25, 0.3) is 0 Å². The van der Waals surface area contributed by atoms with E-state index in [9.17, 15) is 4.79 Å². The van der Waals surface area contributed by atoms with Gasteiger partial charge in [0.05, 0.1) is 0 Å². The third-order valence-corrected chi connectivity index (χ3v) is 4.70. The first-order chi connectivity index (χ1) is 9.61. The van der Waals surface area contributed by atoms with Crippen LogP contribution in [0, 0.1) is 18.8 Å². The van der Waals surface area contributed by atoms with Gasteiger partial charge >= 0.3 is 0 Å². The number of nitrogens with two attached hydrogens (primary N) is 1. The first kappa shape index (κ1) is 15.1. The van der Waals surface area contributed by atoms with Gasteiger partial charge in [0.15, 0.2) is 5.78 Å². The lowest BCUT2D eigenvalue weighted by molar-refractivity contribution is 0.0869. The van der Waals surface area contributed by atoms with Gasteiger partial charge in [-0.15, -0.1) is 0 Å². The van der Waals surface area contributed by atoms with Crippen LogP contribution in [0.25, 0.3) is 0 Å². The Kier molecular flexibility index (Phi) is 5.22. The molecule has 0 atom stereocenters. The number of hydrogen-bond acceptors (Lipinski definition) is 2. The molecule has 1 aromatic rings. The molecule has 2 rings (SSSR count). The molecule has 2 N–H and O–H groups in total. The minimum absolute atomic E-state index is 0.232. The Morgan fingerprint density at radius 2 is 1.95 bits per heavy atom. The predicted molar refractivity (Wildman–Crippen MR) is 84.9 cm³/mol. The Labute approximate surface area is 122 Å². The average Bonchev–Trinajstić information content (AvgIpc) is 2.45. The number of aryl methyl sites for hydroxylation is 1. The third-order valence-electron chi connectivity index (χ3n) is 4.70. The number of ketones is 1. The van der Waals surface area contributed by atoms with E-state index < -0.39 is 0 Å². The minimum Gasteiger partial charge on any atom is -0.399 e. The standard InChI is InChI=1S/C18H27NO/c1-3-4-5-14-6-8-15(9-7-14)18(20)17-11-10-16(19)12-13(17)2/h10-12,14-15H,3-9,19H2,1-2H3. The summed E-state index contributed by atoms with van der Waals surface area (Å²) >= 11 is 0. The lowest BCUT2D eigenvalue weighted by Crippen LogP contribution is -2.22. The molecule has 0 heterocycles. The summed E-state index contributed by atoms with van der Waals surface area (Å²) in [5, 5.41) is 0. The Morgan fingerprint density at radius 1 is 1.25 bits per heavy atom. The summed E-state index contributed by atoms with van der Waals surface area (Å²) in [4.78, 5) is 12.6. The van der Waals surface area contributed by atoms with Gasteiger partial charge in [-0.25, -0.2) is 0 Å². The van der Waals surface area contributed by atoms with Crippen LogP contribution in [0.2, 0.25) is 0 Å². The molecule has 0 saturated heterocycles. The molecule has 0 spiro atoms. The second-order valence-corrected chi connectivity index (χ2v) is 6.30. The van der Waals surface area contributed by atoms with Crippen LogP contribution in [-0.4, -0.2) is 5.78 Å². The summed E-state index contributed by atoms with van der Waals surface area (Å²) in [6, 6.07) is 5.64. The molecule has 1 aliphatic rings. The molecule has 0 radical (unpaired) electrons. The SMILES string of the molecule is CCCCC1CCC(C(=O)c2ccc(N)cc2C)CC1. The summed E-state index contributed by atoms with van der Waals surface area (Å²) in [7, 11) is 0. The van der Waals surface area contributed by atoms with Gasteiger partial charge in [-0.05, 0) is 62.3 Å². The van der Waals surface area contributed by atoms with Crippen LogP contribution in [0.4, 0.5) is 5.69 Å². The molecule has 20 heavy (non-hydrogen) atoms. The second-order valence-electron chi connectivity index (χ2n) is 6.30. The van der Waals surface area contributed by atoms with Crippen LogP contribution in [0.15, 0.2) is 18.2 Å². The predicted octanol–water partition coefficient (Wildman–Crippen LogP) is 4.76. The molecule has 110 valence electrons. The monoisotopic (exact) mass is 273 g/mol. The van der Waals surface area contributed by atoms with Crippen molar-refractivity contribution >= 4 is 11.5 Å². The van der Waals surface area contributed by atoms with Crippen LogP contribution in [0.1, 0.15) is 67.8 Å². The molecule has 0 amide bonds. The number of benzene rings is 1. The number of rotatable bonds is 5. The number of carbonyl (C=O) groups excluding carboxylic acids is 1.